The first kappa shape index (κ1) is 25.3. The zero-order valence-corrected chi connectivity index (χ0v) is 18.2. The minimum Gasteiger partial charge on any atom is -0.479 e. The monoisotopic (exact) mass is 464 g/mol. The average molecular weight is 464 g/mol. The number of carboxylic acid groups (broad SMARTS) is 1. The van der Waals surface area contributed by atoms with Gasteiger partial charge in [0.1, 0.15) is 5.82 Å². The number of aromatic nitrogens is 2. The van der Waals surface area contributed by atoms with Crippen LogP contribution in [0.5, 0.6) is 0 Å². The summed E-state index contributed by atoms with van der Waals surface area (Å²) in [7, 11) is 1.60. The van der Waals surface area contributed by atoms with E-state index < -0.39 is 42.0 Å². The van der Waals surface area contributed by atoms with Crippen LogP contribution in [0.15, 0.2) is 29.2 Å². The molecule has 1 unspecified atom stereocenters. The molecule has 2 rings (SSSR count). The first-order chi connectivity index (χ1) is 15.5. The molecule has 33 heavy (non-hydrogen) atoms. The van der Waals surface area contributed by atoms with Gasteiger partial charge in [0, 0.05) is 39.2 Å². The van der Waals surface area contributed by atoms with E-state index in [-0.39, 0.29) is 24.1 Å². The number of nitrogens with one attached hydrogen (secondary N) is 3. The van der Waals surface area contributed by atoms with Gasteiger partial charge in [-0.25, -0.2) is 9.59 Å². The molecular weight excluding hydrogens is 436 g/mol. The molecule has 0 aromatic carbocycles. The minimum absolute atomic E-state index is 0.0131. The molecule has 0 fully saturated rings. The lowest BCUT2D eigenvalue weighted by Crippen LogP contribution is -2.51. The van der Waals surface area contributed by atoms with E-state index in [1.165, 1.54) is 36.2 Å². The van der Waals surface area contributed by atoms with Crippen molar-refractivity contribution in [2.75, 3.05) is 19.3 Å². The molecular formula is C19H28N8O6. The Morgan fingerprint density at radius 1 is 1.39 bits per heavy atom. The molecule has 0 aliphatic carbocycles. The molecule has 1 aromatic rings. The summed E-state index contributed by atoms with van der Waals surface area (Å²) in [5, 5.41) is 22.2. The number of ether oxygens (including phenoxy) is 1. The molecule has 0 radical (unpaired) electrons. The lowest BCUT2D eigenvalue weighted by molar-refractivity contribution is -0.159. The van der Waals surface area contributed by atoms with Crippen LogP contribution in [-0.4, -0.2) is 75.1 Å². The fraction of sp³-hybridized carbons (Fsp3) is 0.474. The third-order valence-electron chi connectivity index (χ3n) is 4.86. The van der Waals surface area contributed by atoms with Crippen LogP contribution in [0, 0.1) is 5.41 Å². The van der Waals surface area contributed by atoms with Gasteiger partial charge in [0.2, 0.25) is 11.8 Å². The van der Waals surface area contributed by atoms with Crippen LogP contribution in [0.2, 0.25) is 0 Å². The van der Waals surface area contributed by atoms with Gasteiger partial charge in [-0.2, -0.15) is 4.98 Å². The van der Waals surface area contributed by atoms with Crippen LogP contribution in [-0.2, 0) is 19.1 Å². The van der Waals surface area contributed by atoms with E-state index in [0.29, 0.717) is 13.0 Å². The maximum atomic E-state index is 12.6. The molecule has 0 saturated carbocycles. The van der Waals surface area contributed by atoms with Crippen molar-refractivity contribution in [1.29, 1.82) is 5.41 Å². The molecule has 14 nitrogen and oxygen atoms in total. The van der Waals surface area contributed by atoms with Crippen molar-refractivity contribution < 1.29 is 24.2 Å². The Kier molecular flexibility index (Phi) is 8.50. The number of nitrogens with two attached hydrogens (primary N) is 2. The number of carboxylic acids is 1. The predicted octanol–water partition coefficient (Wildman–Crippen LogP) is -2.04. The number of carbonyl (C=O) groups is 3. The number of anilines is 1. The van der Waals surface area contributed by atoms with E-state index in [1.54, 1.807) is 7.05 Å². The number of aliphatic carboxylic acids is 1. The number of rotatable bonds is 9. The van der Waals surface area contributed by atoms with Crippen LogP contribution in [0.4, 0.5) is 5.82 Å². The van der Waals surface area contributed by atoms with Crippen molar-refractivity contribution >= 4 is 29.6 Å². The molecule has 4 atom stereocenters. The van der Waals surface area contributed by atoms with Gasteiger partial charge >= 0.3 is 11.7 Å². The first-order valence-electron chi connectivity index (χ1n) is 10.0. The Balaban J connectivity index is 2.08. The summed E-state index contributed by atoms with van der Waals surface area (Å²) in [6.07, 6.45) is 1.85. The van der Waals surface area contributed by atoms with Crippen molar-refractivity contribution in [2.45, 2.75) is 44.2 Å². The average Bonchev–Trinajstić information content (AvgIpc) is 2.71. The van der Waals surface area contributed by atoms with Crippen molar-refractivity contribution in [2.24, 2.45) is 5.73 Å². The SMILES string of the molecule is CC(=O)NC(CCN(C)C(=N)N)CC(=O)N[C@H]1C=C[C@H](n2ccc(N)nc2=O)O[C@@H]1C(=O)O. The Morgan fingerprint density at radius 3 is 2.67 bits per heavy atom. The highest BCUT2D eigenvalue weighted by atomic mass is 16.5. The van der Waals surface area contributed by atoms with Gasteiger partial charge in [-0.3, -0.25) is 19.6 Å². The molecule has 0 saturated heterocycles. The molecule has 8 N–H and O–H groups in total. The summed E-state index contributed by atoms with van der Waals surface area (Å²) in [6, 6.07) is -0.205. The zero-order valence-electron chi connectivity index (χ0n) is 18.2. The van der Waals surface area contributed by atoms with Gasteiger partial charge < -0.3 is 36.8 Å². The molecule has 2 amide bonds. The van der Waals surface area contributed by atoms with Crippen LogP contribution in [0.25, 0.3) is 0 Å². The van der Waals surface area contributed by atoms with Gasteiger partial charge in [0.25, 0.3) is 0 Å². The van der Waals surface area contributed by atoms with Crippen LogP contribution < -0.4 is 27.8 Å². The normalized spacial score (nSPS) is 20.5. The second-order valence-electron chi connectivity index (χ2n) is 7.50. The van der Waals surface area contributed by atoms with Crippen molar-refractivity contribution in [3.63, 3.8) is 0 Å². The van der Waals surface area contributed by atoms with Crippen LogP contribution in [0.3, 0.4) is 0 Å². The van der Waals surface area contributed by atoms with Crippen molar-refractivity contribution in [3.8, 4) is 0 Å². The zero-order chi connectivity index (χ0) is 24.7. The van der Waals surface area contributed by atoms with Crippen LogP contribution in [0.1, 0.15) is 26.0 Å². The molecule has 0 bridgehead atoms. The lowest BCUT2D eigenvalue weighted by Gasteiger charge is -2.31. The number of hydrogen-bond acceptors (Lipinski definition) is 8. The molecule has 1 aliphatic rings. The largest absolute Gasteiger partial charge is 0.479 e. The highest BCUT2D eigenvalue weighted by Crippen LogP contribution is 2.21. The summed E-state index contributed by atoms with van der Waals surface area (Å²) < 4.78 is 6.58. The number of guanidine groups is 1. The third-order valence-corrected chi connectivity index (χ3v) is 4.86. The van der Waals surface area contributed by atoms with Gasteiger partial charge in [0.05, 0.1) is 6.04 Å². The third kappa shape index (κ3) is 7.31. The number of carbonyl (C=O) groups excluding carboxylic acids is 2. The Morgan fingerprint density at radius 2 is 2.09 bits per heavy atom. The molecule has 1 aliphatic heterocycles. The van der Waals surface area contributed by atoms with Crippen molar-refractivity contribution in [3.05, 3.63) is 34.9 Å². The molecule has 180 valence electrons. The Labute approximate surface area is 189 Å². The number of amides is 2. The second-order valence-corrected chi connectivity index (χ2v) is 7.50. The van der Waals surface area contributed by atoms with Gasteiger partial charge in [-0.1, -0.05) is 6.08 Å². The van der Waals surface area contributed by atoms with E-state index in [2.05, 4.69) is 15.6 Å². The van der Waals surface area contributed by atoms with E-state index in [9.17, 15) is 24.3 Å². The molecule has 14 heteroatoms. The van der Waals surface area contributed by atoms with Gasteiger partial charge in [-0.15, -0.1) is 0 Å². The summed E-state index contributed by atoms with van der Waals surface area (Å²) in [5.74, 6) is -2.34. The molecule has 0 spiro atoms. The smallest absolute Gasteiger partial charge is 0.351 e. The maximum absolute atomic E-state index is 12.6. The molecule has 2 heterocycles. The van der Waals surface area contributed by atoms with Gasteiger partial charge in [-0.05, 0) is 18.6 Å². The highest BCUT2D eigenvalue weighted by molar-refractivity contribution is 5.81. The molecule has 1 aromatic heterocycles. The summed E-state index contributed by atoms with van der Waals surface area (Å²) in [6.45, 7) is 1.63. The fourth-order valence-electron chi connectivity index (χ4n) is 3.16. The van der Waals surface area contributed by atoms with Crippen LogP contribution >= 0.6 is 0 Å². The lowest BCUT2D eigenvalue weighted by atomic mass is 10.1. The highest BCUT2D eigenvalue weighted by Gasteiger charge is 2.35. The predicted molar refractivity (Wildman–Crippen MR) is 117 cm³/mol. The first-order valence-corrected chi connectivity index (χ1v) is 10.0. The topological polar surface area (TPSA) is 219 Å². The number of nitrogen functional groups attached to an aromatic ring is 1. The standard InChI is InChI=1S/C19H28N8O6/c1-10(28)23-11(5-7-26(2)18(21)22)9-14(29)24-12-3-4-15(33-16(12)17(30)31)27-8-6-13(20)25-19(27)32/h3-4,6,8,11-12,15-16H,5,7,9H2,1-2H3,(H3,21,22)(H,23,28)(H,24,29)(H,30,31)(H2,20,25,32)/t11?,12-,15+,16-/m0/s1. The van der Waals surface area contributed by atoms with Crippen molar-refractivity contribution in [1.82, 2.24) is 25.1 Å². The number of hydrogen-bond donors (Lipinski definition) is 6. The summed E-state index contributed by atoms with van der Waals surface area (Å²) in [5.41, 5.74) is 10.1. The minimum atomic E-state index is -1.48. The fourth-order valence-corrected chi connectivity index (χ4v) is 3.16. The summed E-state index contributed by atoms with van der Waals surface area (Å²) >= 11 is 0. The Bertz CT molecular complexity index is 993. The van der Waals surface area contributed by atoms with Gasteiger partial charge in [0.15, 0.2) is 18.3 Å². The number of nitrogens with zero attached hydrogens (tertiary/aromatic N) is 3. The quantitative estimate of drug-likeness (QED) is 0.133. The van der Waals surface area contributed by atoms with E-state index >= 15 is 0 Å². The summed E-state index contributed by atoms with van der Waals surface area (Å²) in [4.78, 5) is 52.9. The maximum Gasteiger partial charge on any atom is 0.351 e. The Hall–Kier alpha value is -3.94. The second kappa shape index (κ2) is 11.1. The van der Waals surface area contributed by atoms with E-state index in [1.807, 2.05) is 0 Å². The van der Waals surface area contributed by atoms with E-state index in [0.717, 1.165) is 4.57 Å². The van der Waals surface area contributed by atoms with E-state index in [4.69, 9.17) is 21.6 Å².